The molecule has 3 amide bonds. The highest BCUT2D eigenvalue weighted by Gasteiger charge is 2.51. The molecule has 0 unspecified atom stereocenters. The number of morpholine rings is 1. The van der Waals surface area contributed by atoms with Crippen LogP contribution in [-0.4, -0.2) is 107 Å². The third kappa shape index (κ3) is 8.10. The lowest BCUT2D eigenvalue weighted by Crippen LogP contribution is -2.52. The Morgan fingerprint density at radius 1 is 0.870 bits per heavy atom. The number of hydrogen-bond donors (Lipinski definition) is 0. The monoisotopic (exact) mass is 656 g/mol. The molecule has 1 aliphatic carbocycles. The van der Waals surface area contributed by atoms with Gasteiger partial charge in [0.05, 0.1) is 25.2 Å². The SMILES string of the molecule is CC1CCC(N(C(=O)CC(C)(C)C)[C@H]2C[C@@H](C(=O)N3CCOCC3)N(C(=O)[C@@H]3CN(C(C)(C)C)C[C@H]3c3ccc(Cl)cc3)C2)CC1. The molecular weight excluding hydrogens is 600 g/mol. The summed E-state index contributed by atoms with van der Waals surface area (Å²) in [6, 6.07) is 7.27. The van der Waals surface area contributed by atoms with E-state index >= 15 is 0 Å². The zero-order valence-electron chi connectivity index (χ0n) is 29.3. The van der Waals surface area contributed by atoms with Crippen molar-refractivity contribution < 1.29 is 19.1 Å². The van der Waals surface area contributed by atoms with Crippen molar-refractivity contribution in [2.24, 2.45) is 17.3 Å². The number of amides is 3. The summed E-state index contributed by atoms with van der Waals surface area (Å²) in [5, 5.41) is 0.674. The number of carbonyl (C=O) groups excluding carboxylic acids is 3. The molecule has 0 bridgehead atoms. The third-order valence-electron chi connectivity index (χ3n) is 10.8. The molecule has 0 aromatic heterocycles. The van der Waals surface area contributed by atoms with Crippen LogP contribution in [0.3, 0.4) is 0 Å². The lowest BCUT2D eigenvalue weighted by molar-refractivity contribution is -0.148. The van der Waals surface area contributed by atoms with E-state index in [1.54, 1.807) is 0 Å². The van der Waals surface area contributed by atoms with Gasteiger partial charge in [-0.25, -0.2) is 0 Å². The number of halogens is 1. The second-order valence-corrected chi connectivity index (χ2v) is 17.1. The van der Waals surface area contributed by atoms with Gasteiger partial charge in [-0.1, -0.05) is 51.4 Å². The van der Waals surface area contributed by atoms with E-state index in [1.165, 1.54) is 0 Å². The van der Waals surface area contributed by atoms with Crippen LogP contribution in [-0.2, 0) is 19.1 Å². The average molecular weight is 657 g/mol. The van der Waals surface area contributed by atoms with Crippen molar-refractivity contribution in [1.82, 2.24) is 19.6 Å². The molecule has 0 radical (unpaired) electrons. The normalized spacial score (nSPS) is 29.7. The molecule has 0 N–H and O–H groups in total. The molecule has 46 heavy (non-hydrogen) atoms. The van der Waals surface area contributed by atoms with Crippen molar-refractivity contribution >= 4 is 29.3 Å². The highest BCUT2D eigenvalue weighted by Crippen LogP contribution is 2.40. The number of likely N-dealkylation sites (tertiary alicyclic amines) is 2. The van der Waals surface area contributed by atoms with Crippen LogP contribution >= 0.6 is 11.6 Å². The molecule has 4 fully saturated rings. The van der Waals surface area contributed by atoms with E-state index in [4.69, 9.17) is 16.3 Å². The van der Waals surface area contributed by atoms with Gasteiger partial charge < -0.3 is 19.4 Å². The highest BCUT2D eigenvalue weighted by atomic mass is 35.5. The lowest BCUT2D eigenvalue weighted by atomic mass is 9.84. The van der Waals surface area contributed by atoms with Crippen LogP contribution in [0, 0.1) is 17.3 Å². The summed E-state index contributed by atoms with van der Waals surface area (Å²) in [5.74, 6) is 0.525. The molecule has 5 rings (SSSR count). The summed E-state index contributed by atoms with van der Waals surface area (Å²) in [5.41, 5.74) is 0.838. The zero-order valence-corrected chi connectivity index (χ0v) is 30.0. The van der Waals surface area contributed by atoms with Gasteiger partial charge in [-0.2, -0.15) is 0 Å². The first-order valence-electron chi connectivity index (χ1n) is 17.6. The Morgan fingerprint density at radius 2 is 1.50 bits per heavy atom. The molecule has 3 aliphatic heterocycles. The van der Waals surface area contributed by atoms with Crippen molar-refractivity contribution in [2.75, 3.05) is 45.9 Å². The molecule has 1 aromatic rings. The van der Waals surface area contributed by atoms with Gasteiger partial charge in [0.15, 0.2) is 0 Å². The molecule has 3 saturated heterocycles. The van der Waals surface area contributed by atoms with E-state index in [1.807, 2.05) is 34.1 Å². The van der Waals surface area contributed by atoms with E-state index in [-0.39, 0.29) is 52.6 Å². The molecule has 0 spiro atoms. The molecule has 9 heteroatoms. The van der Waals surface area contributed by atoms with Gasteiger partial charge in [0, 0.05) is 61.7 Å². The van der Waals surface area contributed by atoms with E-state index in [0.29, 0.717) is 63.2 Å². The minimum absolute atomic E-state index is 0.00615. The Bertz CT molecular complexity index is 1230. The molecular formula is C37H57ClN4O4. The van der Waals surface area contributed by atoms with Crippen LogP contribution < -0.4 is 0 Å². The summed E-state index contributed by atoms with van der Waals surface area (Å²) < 4.78 is 5.57. The first-order chi connectivity index (χ1) is 21.6. The van der Waals surface area contributed by atoms with Crippen LogP contribution in [0.5, 0.6) is 0 Å². The quantitative estimate of drug-likeness (QED) is 0.386. The summed E-state index contributed by atoms with van der Waals surface area (Å²) in [6.45, 7) is 19.1. The number of carbonyl (C=O) groups is 3. The van der Waals surface area contributed by atoms with Gasteiger partial charge in [-0.3, -0.25) is 19.3 Å². The Balaban J connectivity index is 1.48. The van der Waals surface area contributed by atoms with Crippen molar-refractivity contribution in [3.05, 3.63) is 34.9 Å². The topological polar surface area (TPSA) is 73.4 Å². The van der Waals surface area contributed by atoms with Crippen molar-refractivity contribution in [3.8, 4) is 0 Å². The first-order valence-corrected chi connectivity index (χ1v) is 18.0. The summed E-state index contributed by atoms with van der Waals surface area (Å²) >= 11 is 6.26. The standard InChI is InChI=1S/C37H57ClN4O4/c1-25-8-14-28(15-9-25)42(33(43)21-36(2,3)4)29-20-32(35(45)39-16-18-46-19-17-39)41(22-29)34(44)31-24-40(37(5,6)7)23-30(31)26-10-12-27(38)13-11-26/h10-13,25,28-32H,8-9,14-24H2,1-7H3/t25?,28?,29-,30-,31+,32-/m0/s1. The van der Waals surface area contributed by atoms with E-state index < -0.39 is 6.04 Å². The van der Waals surface area contributed by atoms with Crippen molar-refractivity contribution in [1.29, 1.82) is 0 Å². The van der Waals surface area contributed by atoms with Crippen molar-refractivity contribution in [3.63, 3.8) is 0 Å². The molecule has 8 nitrogen and oxygen atoms in total. The van der Waals surface area contributed by atoms with Gasteiger partial charge in [0.25, 0.3) is 0 Å². The number of ether oxygens (including phenoxy) is 1. The van der Waals surface area contributed by atoms with Crippen LogP contribution in [0.1, 0.15) is 98.5 Å². The summed E-state index contributed by atoms with van der Waals surface area (Å²) in [6.07, 6.45) is 5.10. The largest absolute Gasteiger partial charge is 0.378 e. The minimum atomic E-state index is -0.586. The maximum absolute atomic E-state index is 14.9. The second kappa shape index (κ2) is 14.1. The Morgan fingerprint density at radius 3 is 2.09 bits per heavy atom. The van der Waals surface area contributed by atoms with Gasteiger partial charge in [0.1, 0.15) is 6.04 Å². The minimum Gasteiger partial charge on any atom is -0.378 e. The van der Waals surface area contributed by atoms with Crippen LogP contribution in [0.25, 0.3) is 0 Å². The predicted molar refractivity (Wildman–Crippen MR) is 183 cm³/mol. The van der Waals surface area contributed by atoms with Crippen LogP contribution in [0.15, 0.2) is 24.3 Å². The highest BCUT2D eigenvalue weighted by molar-refractivity contribution is 6.30. The zero-order chi connectivity index (χ0) is 33.4. The summed E-state index contributed by atoms with van der Waals surface area (Å²) in [4.78, 5) is 51.6. The fraction of sp³-hybridized carbons (Fsp3) is 0.757. The molecule has 1 saturated carbocycles. The maximum atomic E-state index is 14.9. The number of rotatable bonds is 6. The molecule has 4 aliphatic rings. The van der Waals surface area contributed by atoms with Crippen LogP contribution in [0.2, 0.25) is 5.02 Å². The van der Waals surface area contributed by atoms with Crippen molar-refractivity contribution in [2.45, 2.75) is 117 Å². The average Bonchev–Trinajstić information content (AvgIpc) is 3.64. The summed E-state index contributed by atoms with van der Waals surface area (Å²) in [7, 11) is 0. The van der Waals surface area contributed by atoms with E-state index in [0.717, 1.165) is 37.8 Å². The van der Waals surface area contributed by atoms with E-state index in [2.05, 4.69) is 58.3 Å². The molecule has 256 valence electrons. The van der Waals surface area contributed by atoms with E-state index in [9.17, 15) is 14.4 Å². The number of nitrogens with zero attached hydrogens (tertiary/aromatic N) is 4. The van der Waals surface area contributed by atoms with Gasteiger partial charge in [-0.15, -0.1) is 0 Å². The van der Waals surface area contributed by atoms with Gasteiger partial charge in [-0.05, 0) is 81.9 Å². The maximum Gasteiger partial charge on any atom is 0.245 e. The third-order valence-corrected chi connectivity index (χ3v) is 11.0. The molecule has 1 aromatic carbocycles. The molecule has 4 atom stereocenters. The number of hydrogen-bond acceptors (Lipinski definition) is 5. The Hall–Kier alpha value is -2.16. The first kappa shape index (κ1) is 35.2. The fourth-order valence-corrected chi connectivity index (χ4v) is 8.25. The Labute approximate surface area is 282 Å². The van der Waals surface area contributed by atoms with Gasteiger partial charge in [0.2, 0.25) is 17.7 Å². The Kier molecular flexibility index (Phi) is 10.8. The fourth-order valence-electron chi connectivity index (χ4n) is 8.12. The number of benzene rings is 1. The second-order valence-electron chi connectivity index (χ2n) is 16.6. The predicted octanol–water partition coefficient (Wildman–Crippen LogP) is 5.83. The molecule has 3 heterocycles. The smallest absolute Gasteiger partial charge is 0.245 e. The lowest BCUT2D eigenvalue weighted by Gasteiger charge is -2.41. The van der Waals surface area contributed by atoms with Gasteiger partial charge >= 0.3 is 0 Å². The van der Waals surface area contributed by atoms with Crippen LogP contribution in [0.4, 0.5) is 0 Å².